The first kappa shape index (κ1) is 16.6. The van der Waals surface area contributed by atoms with E-state index in [-0.39, 0.29) is 6.54 Å². The van der Waals surface area contributed by atoms with Gasteiger partial charge in [-0.1, -0.05) is 30.3 Å². The molecule has 0 amide bonds. The molecule has 0 aliphatic heterocycles. The van der Waals surface area contributed by atoms with Gasteiger partial charge in [-0.25, -0.2) is 4.79 Å². The first-order chi connectivity index (χ1) is 9.42. The second kappa shape index (κ2) is 7.99. The first-order valence-corrected chi connectivity index (χ1v) is 6.81. The van der Waals surface area contributed by atoms with E-state index < -0.39 is 11.6 Å². The number of hydrogen-bond donors (Lipinski definition) is 3. The molecule has 20 heavy (non-hydrogen) atoms. The lowest BCUT2D eigenvalue weighted by Gasteiger charge is -2.20. The minimum absolute atomic E-state index is 0.0603. The Hall–Kier alpha value is -1.43. The lowest BCUT2D eigenvalue weighted by molar-refractivity contribution is -0.156. The third-order valence-corrected chi connectivity index (χ3v) is 3.12. The molecule has 0 radical (unpaired) electrons. The van der Waals surface area contributed by atoms with Crippen LogP contribution in [0, 0.1) is 0 Å². The van der Waals surface area contributed by atoms with Crippen molar-refractivity contribution in [2.45, 2.75) is 25.5 Å². The highest BCUT2D eigenvalue weighted by Crippen LogP contribution is 2.03. The number of aliphatic carboxylic acids is 1. The van der Waals surface area contributed by atoms with Gasteiger partial charge < -0.3 is 20.4 Å². The topological polar surface area (TPSA) is 72.8 Å². The molecule has 1 atom stereocenters. The lowest BCUT2D eigenvalue weighted by Crippen LogP contribution is -2.45. The maximum Gasteiger partial charge on any atom is 0.336 e. The van der Waals surface area contributed by atoms with Gasteiger partial charge in [0.15, 0.2) is 5.60 Å². The van der Waals surface area contributed by atoms with Crippen LogP contribution in [0.2, 0.25) is 0 Å². The van der Waals surface area contributed by atoms with Gasteiger partial charge in [0.25, 0.3) is 0 Å². The van der Waals surface area contributed by atoms with E-state index in [9.17, 15) is 9.90 Å². The van der Waals surface area contributed by atoms with Crippen molar-refractivity contribution in [1.29, 1.82) is 0 Å². The van der Waals surface area contributed by atoms with Crippen LogP contribution in [0.25, 0.3) is 0 Å². The zero-order chi connectivity index (χ0) is 15.0. The average Bonchev–Trinajstić information content (AvgIpc) is 2.39. The Labute approximate surface area is 120 Å². The first-order valence-electron chi connectivity index (χ1n) is 6.81. The van der Waals surface area contributed by atoms with Crippen molar-refractivity contribution in [3.8, 4) is 0 Å². The molecule has 0 aliphatic carbocycles. The second-order valence-corrected chi connectivity index (χ2v) is 5.33. The van der Waals surface area contributed by atoms with Gasteiger partial charge in [-0.2, -0.15) is 0 Å². The Balaban J connectivity index is 2.14. The zero-order valence-corrected chi connectivity index (χ0v) is 12.2. The van der Waals surface area contributed by atoms with Gasteiger partial charge in [0.2, 0.25) is 0 Å². The van der Waals surface area contributed by atoms with Crippen LogP contribution >= 0.6 is 0 Å². The van der Waals surface area contributed by atoms with Crippen molar-refractivity contribution in [2.24, 2.45) is 0 Å². The summed E-state index contributed by atoms with van der Waals surface area (Å²) in [4.78, 5) is 12.9. The summed E-state index contributed by atoms with van der Waals surface area (Å²) < 4.78 is 0. The van der Waals surface area contributed by atoms with Crippen molar-refractivity contribution in [3.05, 3.63) is 35.9 Å². The number of nitrogens with one attached hydrogen (secondary N) is 1. The predicted molar refractivity (Wildman–Crippen MR) is 78.5 cm³/mol. The molecule has 112 valence electrons. The average molecular weight is 280 g/mol. The van der Waals surface area contributed by atoms with Gasteiger partial charge in [0.05, 0.1) is 0 Å². The van der Waals surface area contributed by atoms with Crippen LogP contribution in [0.4, 0.5) is 0 Å². The van der Waals surface area contributed by atoms with Crippen LogP contribution in [0.15, 0.2) is 30.3 Å². The number of aliphatic hydroxyl groups is 1. The summed E-state index contributed by atoms with van der Waals surface area (Å²) in [6.45, 7) is 3.85. The lowest BCUT2D eigenvalue weighted by atomic mass is 10.1. The largest absolute Gasteiger partial charge is 0.479 e. The maximum absolute atomic E-state index is 10.7. The summed E-state index contributed by atoms with van der Waals surface area (Å²) in [5.41, 5.74) is -0.424. The van der Waals surface area contributed by atoms with Crippen molar-refractivity contribution >= 4 is 5.97 Å². The molecule has 5 heteroatoms. The molecule has 1 aromatic carbocycles. The number of carbonyl (C=O) groups is 1. The molecule has 0 heterocycles. The fourth-order valence-corrected chi connectivity index (χ4v) is 1.86. The monoisotopic (exact) mass is 280 g/mol. The molecule has 5 nitrogen and oxygen atoms in total. The van der Waals surface area contributed by atoms with E-state index in [1.54, 1.807) is 0 Å². The number of carboxylic acids is 1. The summed E-state index contributed by atoms with van der Waals surface area (Å²) in [7, 11) is 2.06. The summed E-state index contributed by atoms with van der Waals surface area (Å²) in [6, 6.07) is 10.2. The van der Waals surface area contributed by atoms with E-state index in [0.717, 1.165) is 19.5 Å². The highest BCUT2D eigenvalue weighted by molar-refractivity contribution is 5.76. The molecule has 0 aliphatic rings. The van der Waals surface area contributed by atoms with Crippen LogP contribution in [-0.4, -0.2) is 53.4 Å². The number of nitrogens with zero attached hydrogens (tertiary/aromatic N) is 1. The van der Waals surface area contributed by atoms with E-state index in [4.69, 9.17) is 5.11 Å². The number of hydrogen-bond acceptors (Lipinski definition) is 4. The zero-order valence-electron chi connectivity index (χ0n) is 12.2. The van der Waals surface area contributed by atoms with Crippen molar-refractivity contribution < 1.29 is 15.0 Å². The van der Waals surface area contributed by atoms with E-state index in [2.05, 4.69) is 29.4 Å². The van der Waals surface area contributed by atoms with Gasteiger partial charge in [-0.3, -0.25) is 0 Å². The molecule has 0 aromatic heterocycles. The molecule has 0 spiro atoms. The van der Waals surface area contributed by atoms with E-state index in [1.807, 2.05) is 18.2 Å². The fraction of sp³-hybridized carbons (Fsp3) is 0.533. The second-order valence-electron chi connectivity index (χ2n) is 5.33. The Bertz CT molecular complexity index is 407. The smallest absolute Gasteiger partial charge is 0.336 e. The Morgan fingerprint density at radius 2 is 2.00 bits per heavy atom. The molecule has 1 aromatic rings. The summed E-state index contributed by atoms with van der Waals surface area (Å²) in [6.07, 6.45) is 0.902. The van der Waals surface area contributed by atoms with Gasteiger partial charge in [0, 0.05) is 13.1 Å². The molecule has 1 unspecified atom stereocenters. The standard InChI is InChI=1S/C15H24N2O3/c1-15(20,14(18)19)12-16-9-6-10-17(2)11-13-7-4-3-5-8-13/h3-5,7-8,16,20H,6,9-12H2,1-2H3,(H,18,19). The highest BCUT2D eigenvalue weighted by atomic mass is 16.4. The Morgan fingerprint density at radius 1 is 1.35 bits per heavy atom. The number of benzene rings is 1. The number of carboxylic acid groups (broad SMARTS) is 1. The maximum atomic E-state index is 10.7. The fourth-order valence-electron chi connectivity index (χ4n) is 1.86. The van der Waals surface area contributed by atoms with Crippen LogP contribution < -0.4 is 5.32 Å². The molecule has 1 rings (SSSR count). The van der Waals surface area contributed by atoms with Crippen LogP contribution in [0.3, 0.4) is 0 Å². The molecule has 0 fully saturated rings. The molecular formula is C15H24N2O3. The van der Waals surface area contributed by atoms with Crippen molar-refractivity contribution in [3.63, 3.8) is 0 Å². The van der Waals surface area contributed by atoms with E-state index >= 15 is 0 Å². The van der Waals surface area contributed by atoms with Gasteiger partial charge in [-0.15, -0.1) is 0 Å². The molecule has 0 saturated carbocycles. The SMILES string of the molecule is CN(CCCNCC(C)(O)C(=O)O)Cc1ccccc1. The Morgan fingerprint density at radius 3 is 2.60 bits per heavy atom. The highest BCUT2D eigenvalue weighted by Gasteiger charge is 2.28. The van der Waals surface area contributed by atoms with E-state index in [1.165, 1.54) is 12.5 Å². The Kier molecular flexibility index (Phi) is 6.64. The van der Waals surface area contributed by atoms with Crippen LogP contribution in [-0.2, 0) is 11.3 Å². The minimum atomic E-state index is -1.70. The third-order valence-electron chi connectivity index (χ3n) is 3.12. The van der Waals surface area contributed by atoms with Gasteiger partial charge >= 0.3 is 5.97 Å². The van der Waals surface area contributed by atoms with Crippen LogP contribution in [0.1, 0.15) is 18.9 Å². The van der Waals surface area contributed by atoms with E-state index in [0.29, 0.717) is 6.54 Å². The summed E-state index contributed by atoms with van der Waals surface area (Å²) >= 11 is 0. The third kappa shape index (κ3) is 6.14. The number of rotatable bonds is 9. The predicted octanol–water partition coefficient (Wildman–Crippen LogP) is 0.934. The molecular weight excluding hydrogens is 256 g/mol. The molecule has 0 saturated heterocycles. The van der Waals surface area contributed by atoms with Gasteiger partial charge in [0.1, 0.15) is 0 Å². The normalized spacial score (nSPS) is 14.2. The van der Waals surface area contributed by atoms with Gasteiger partial charge in [-0.05, 0) is 39.0 Å². The quantitative estimate of drug-likeness (QED) is 0.587. The summed E-state index contributed by atoms with van der Waals surface area (Å²) in [5.74, 6) is -1.20. The van der Waals surface area contributed by atoms with Crippen molar-refractivity contribution in [1.82, 2.24) is 10.2 Å². The molecule has 0 bridgehead atoms. The minimum Gasteiger partial charge on any atom is -0.479 e. The van der Waals surface area contributed by atoms with Crippen LogP contribution in [0.5, 0.6) is 0 Å². The molecule has 3 N–H and O–H groups in total. The summed E-state index contributed by atoms with van der Waals surface area (Å²) in [5, 5.41) is 21.2. The van der Waals surface area contributed by atoms with Crippen molar-refractivity contribution in [2.75, 3.05) is 26.7 Å².